The lowest BCUT2D eigenvalue weighted by Gasteiger charge is -2.21. The topological polar surface area (TPSA) is 50.3 Å². The monoisotopic (exact) mass is 303 g/mol. The fourth-order valence-corrected chi connectivity index (χ4v) is 2.73. The van der Waals surface area contributed by atoms with Crippen LogP contribution in [0.4, 0.5) is 0 Å². The van der Waals surface area contributed by atoms with Crippen molar-refractivity contribution in [3.05, 3.63) is 35.8 Å². The number of hydrogen-bond donors (Lipinski definition) is 0. The Morgan fingerprint density at radius 1 is 1.27 bits per heavy atom. The van der Waals surface area contributed by atoms with Crippen molar-refractivity contribution in [3.8, 4) is 0 Å². The highest BCUT2D eigenvalue weighted by Gasteiger charge is 2.20. The lowest BCUT2D eigenvalue weighted by Crippen LogP contribution is -2.29. The summed E-state index contributed by atoms with van der Waals surface area (Å²) in [7, 11) is 2.13. The maximum Gasteiger partial charge on any atom is 0.147 e. The second-order valence-corrected chi connectivity index (χ2v) is 6.30. The zero-order valence-corrected chi connectivity index (χ0v) is 13.7. The molecule has 2 aromatic rings. The molecule has 0 N–H and O–H groups in total. The molecule has 0 spiro atoms. The first kappa shape index (κ1) is 15.2. The van der Waals surface area contributed by atoms with Gasteiger partial charge in [-0.05, 0) is 33.0 Å². The summed E-state index contributed by atoms with van der Waals surface area (Å²) in [5.41, 5.74) is 0. The Bertz CT molecular complexity index is 590. The molecule has 120 valence electrons. The molecule has 1 aliphatic rings. The van der Waals surface area contributed by atoms with Gasteiger partial charge in [0.2, 0.25) is 0 Å². The largest absolute Gasteiger partial charge is 0.468 e. The number of nitrogens with zero attached hydrogens (tertiary/aromatic N) is 5. The minimum absolute atomic E-state index is 0.508. The third-order valence-corrected chi connectivity index (χ3v) is 4.43. The van der Waals surface area contributed by atoms with E-state index in [2.05, 4.69) is 45.5 Å². The average molecular weight is 303 g/mol. The molecule has 3 heterocycles. The van der Waals surface area contributed by atoms with Gasteiger partial charge in [-0.2, -0.15) is 0 Å². The summed E-state index contributed by atoms with van der Waals surface area (Å²) in [6, 6.07) is 4.49. The molecule has 2 aromatic heterocycles. The van der Waals surface area contributed by atoms with Gasteiger partial charge >= 0.3 is 0 Å². The zero-order chi connectivity index (χ0) is 15.5. The average Bonchev–Trinajstić information content (AvgIpc) is 3.07. The van der Waals surface area contributed by atoms with E-state index in [1.807, 2.05) is 12.1 Å². The Kier molecular flexibility index (Phi) is 4.59. The maximum atomic E-state index is 5.46. The maximum absolute atomic E-state index is 5.46. The molecule has 0 radical (unpaired) electrons. The molecule has 1 aliphatic heterocycles. The molecular formula is C16H25N5O. The first-order valence-electron chi connectivity index (χ1n) is 7.99. The van der Waals surface area contributed by atoms with Gasteiger partial charge < -0.3 is 8.98 Å². The first-order valence-corrected chi connectivity index (χ1v) is 7.99. The predicted molar refractivity (Wildman–Crippen MR) is 84.3 cm³/mol. The van der Waals surface area contributed by atoms with E-state index in [-0.39, 0.29) is 0 Å². The van der Waals surface area contributed by atoms with Gasteiger partial charge in [0.25, 0.3) is 0 Å². The van der Waals surface area contributed by atoms with Crippen LogP contribution >= 0.6 is 0 Å². The van der Waals surface area contributed by atoms with Crippen LogP contribution in [0.2, 0.25) is 0 Å². The molecule has 3 rings (SSSR count). The molecule has 0 amide bonds. The van der Waals surface area contributed by atoms with E-state index in [0.29, 0.717) is 6.04 Å². The molecule has 0 aliphatic carbocycles. The van der Waals surface area contributed by atoms with E-state index in [9.17, 15) is 0 Å². The van der Waals surface area contributed by atoms with Gasteiger partial charge in [-0.3, -0.25) is 9.80 Å². The van der Waals surface area contributed by atoms with Crippen molar-refractivity contribution in [2.24, 2.45) is 0 Å². The lowest BCUT2D eigenvalue weighted by molar-refractivity contribution is 0.239. The molecule has 0 aromatic carbocycles. The standard InChI is InChI=1S/C16H25N5O/c1-13(2)19(3)12-16-18-17-15-6-7-20(8-9-21(15)16)11-14-5-4-10-22-14/h4-5,10,13H,6-9,11-12H2,1-3H3. The highest BCUT2D eigenvalue weighted by Crippen LogP contribution is 2.14. The van der Waals surface area contributed by atoms with Crippen molar-refractivity contribution in [1.29, 1.82) is 0 Å². The Balaban J connectivity index is 1.65. The minimum atomic E-state index is 0.508. The molecule has 0 saturated heterocycles. The number of aromatic nitrogens is 3. The van der Waals surface area contributed by atoms with Crippen LogP contribution in [0.15, 0.2) is 22.8 Å². The van der Waals surface area contributed by atoms with Crippen molar-refractivity contribution in [3.63, 3.8) is 0 Å². The lowest BCUT2D eigenvalue weighted by atomic mass is 10.3. The van der Waals surface area contributed by atoms with Crippen LogP contribution in [0.5, 0.6) is 0 Å². The van der Waals surface area contributed by atoms with Crippen LogP contribution in [0, 0.1) is 0 Å². The normalized spacial score (nSPS) is 16.2. The molecule has 0 saturated carbocycles. The van der Waals surface area contributed by atoms with E-state index < -0.39 is 0 Å². The summed E-state index contributed by atoms with van der Waals surface area (Å²) < 4.78 is 7.75. The number of furan rings is 1. The smallest absolute Gasteiger partial charge is 0.147 e. The molecule has 6 heteroatoms. The fraction of sp³-hybridized carbons (Fsp3) is 0.625. The quantitative estimate of drug-likeness (QED) is 0.842. The number of fused-ring (bicyclic) bond motifs is 1. The highest BCUT2D eigenvalue weighted by molar-refractivity contribution is 5.01. The van der Waals surface area contributed by atoms with E-state index in [4.69, 9.17) is 4.42 Å². The van der Waals surface area contributed by atoms with Crippen LogP contribution in [-0.2, 0) is 26.1 Å². The Labute approximate surface area is 131 Å². The van der Waals surface area contributed by atoms with E-state index in [1.54, 1.807) is 6.26 Å². The van der Waals surface area contributed by atoms with Crippen LogP contribution in [0.25, 0.3) is 0 Å². The third kappa shape index (κ3) is 3.39. The molecule has 0 unspecified atom stereocenters. The molecule has 0 atom stereocenters. The summed E-state index contributed by atoms with van der Waals surface area (Å²) in [6.45, 7) is 9.07. The van der Waals surface area contributed by atoms with Crippen molar-refractivity contribution >= 4 is 0 Å². The second kappa shape index (κ2) is 6.62. The first-order chi connectivity index (χ1) is 10.6. The van der Waals surface area contributed by atoms with Crippen molar-refractivity contribution in [1.82, 2.24) is 24.6 Å². The summed E-state index contributed by atoms with van der Waals surface area (Å²) in [5, 5.41) is 8.79. The summed E-state index contributed by atoms with van der Waals surface area (Å²) in [5.74, 6) is 3.21. The van der Waals surface area contributed by atoms with Gasteiger partial charge in [0, 0.05) is 32.1 Å². The Morgan fingerprint density at radius 3 is 2.86 bits per heavy atom. The Hall–Kier alpha value is -1.66. The van der Waals surface area contributed by atoms with Crippen LogP contribution in [0.3, 0.4) is 0 Å². The zero-order valence-electron chi connectivity index (χ0n) is 13.7. The summed E-state index contributed by atoms with van der Waals surface area (Å²) in [4.78, 5) is 4.71. The van der Waals surface area contributed by atoms with Crippen LogP contribution in [-0.4, -0.2) is 50.7 Å². The molecule has 6 nitrogen and oxygen atoms in total. The van der Waals surface area contributed by atoms with E-state index in [0.717, 1.165) is 56.6 Å². The molecular weight excluding hydrogens is 278 g/mol. The predicted octanol–water partition coefficient (Wildman–Crippen LogP) is 1.77. The van der Waals surface area contributed by atoms with Crippen LogP contribution < -0.4 is 0 Å². The van der Waals surface area contributed by atoms with Gasteiger partial charge in [0.15, 0.2) is 0 Å². The second-order valence-electron chi connectivity index (χ2n) is 6.30. The molecule has 22 heavy (non-hydrogen) atoms. The number of rotatable bonds is 5. The molecule has 0 fully saturated rings. The van der Waals surface area contributed by atoms with Gasteiger partial charge in [-0.15, -0.1) is 10.2 Å². The fourth-order valence-electron chi connectivity index (χ4n) is 2.73. The minimum Gasteiger partial charge on any atom is -0.468 e. The summed E-state index contributed by atoms with van der Waals surface area (Å²) in [6.07, 6.45) is 2.68. The van der Waals surface area contributed by atoms with E-state index in [1.165, 1.54) is 0 Å². The highest BCUT2D eigenvalue weighted by atomic mass is 16.3. The summed E-state index contributed by atoms with van der Waals surface area (Å²) >= 11 is 0. The Morgan fingerprint density at radius 2 is 2.14 bits per heavy atom. The van der Waals surface area contributed by atoms with Gasteiger partial charge in [0.1, 0.15) is 17.4 Å². The molecule has 0 bridgehead atoms. The third-order valence-electron chi connectivity index (χ3n) is 4.43. The van der Waals surface area contributed by atoms with E-state index >= 15 is 0 Å². The van der Waals surface area contributed by atoms with Gasteiger partial charge in [0.05, 0.1) is 19.4 Å². The van der Waals surface area contributed by atoms with Gasteiger partial charge in [-0.25, -0.2) is 0 Å². The van der Waals surface area contributed by atoms with Crippen LogP contribution in [0.1, 0.15) is 31.3 Å². The van der Waals surface area contributed by atoms with Crippen molar-refractivity contribution in [2.45, 2.75) is 45.9 Å². The van der Waals surface area contributed by atoms with Gasteiger partial charge in [-0.1, -0.05) is 0 Å². The van der Waals surface area contributed by atoms with Crippen molar-refractivity contribution < 1.29 is 4.42 Å². The van der Waals surface area contributed by atoms with Crippen molar-refractivity contribution in [2.75, 3.05) is 20.1 Å². The SMILES string of the molecule is CC(C)N(C)Cc1nnc2n1CCN(Cc1ccco1)CC2. The number of hydrogen-bond acceptors (Lipinski definition) is 5.